The molecule has 52 valence electrons. The molecule has 1 heterocycles. The van der Waals surface area contributed by atoms with Crippen molar-refractivity contribution in [1.29, 1.82) is 0 Å². The number of hydrogen-bond acceptors (Lipinski definition) is 3. The van der Waals surface area contributed by atoms with Crippen LogP contribution in [0, 0.1) is 0 Å². The number of carbonyl (C=O) groups excluding carboxylic acids is 1. The molecule has 1 aliphatic heterocycles. The number of quaternary nitrogens is 1. The van der Waals surface area contributed by atoms with E-state index in [9.17, 15) is 9.90 Å². The zero-order valence-corrected chi connectivity index (χ0v) is 5.98. The molecule has 0 unspecified atom stereocenters. The van der Waals surface area contributed by atoms with E-state index in [1.54, 1.807) is 11.8 Å². The Morgan fingerprint density at radius 2 is 2.56 bits per heavy atom. The van der Waals surface area contributed by atoms with Crippen molar-refractivity contribution < 1.29 is 15.2 Å². The Hall–Kier alpha value is -0.220. The number of carboxylic acids is 1. The van der Waals surface area contributed by atoms with Crippen LogP contribution in [-0.4, -0.2) is 23.1 Å². The van der Waals surface area contributed by atoms with E-state index in [2.05, 4.69) is 0 Å². The molecule has 0 saturated carbocycles. The van der Waals surface area contributed by atoms with E-state index in [4.69, 9.17) is 0 Å². The molecule has 1 fully saturated rings. The second-order valence-corrected chi connectivity index (χ2v) is 3.57. The van der Waals surface area contributed by atoms with Gasteiger partial charge in [-0.05, 0) is 6.92 Å². The Bertz CT molecular complexity index is 128. The molecule has 0 aliphatic carbocycles. The molecule has 0 amide bonds. The number of nitrogens with two attached hydrogens (primary N) is 1. The summed E-state index contributed by atoms with van der Waals surface area (Å²) in [5.41, 5.74) is 0. The second-order valence-electron chi connectivity index (χ2n) is 2.16. The summed E-state index contributed by atoms with van der Waals surface area (Å²) < 4.78 is 0. The van der Waals surface area contributed by atoms with Crippen molar-refractivity contribution in [3.8, 4) is 0 Å². The van der Waals surface area contributed by atoms with Gasteiger partial charge in [-0.2, -0.15) is 0 Å². The first-order chi connectivity index (χ1) is 4.20. The van der Waals surface area contributed by atoms with Crippen molar-refractivity contribution >= 4 is 17.7 Å². The molecule has 0 radical (unpaired) electrons. The van der Waals surface area contributed by atoms with E-state index in [1.807, 2.05) is 12.2 Å². The molecule has 0 bridgehead atoms. The number of hydrogen-bond donors (Lipinski definition) is 1. The fourth-order valence-electron chi connectivity index (χ4n) is 0.840. The van der Waals surface area contributed by atoms with Crippen LogP contribution in [-0.2, 0) is 4.79 Å². The van der Waals surface area contributed by atoms with Crippen molar-refractivity contribution in [2.45, 2.75) is 18.3 Å². The largest absolute Gasteiger partial charge is 0.544 e. The van der Waals surface area contributed by atoms with Crippen LogP contribution in [0.3, 0.4) is 0 Å². The third-order valence-electron chi connectivity index (χ3n) is 1.34. The Balaban J connectivity index is 2.39. The van der Waals surface area contributed by atoms with Crippen LogP contribution >= 0.6 is 11.8 Å². The maximum absolute atomic E-state index is 10.2. The van der Waals surface area contributed by atoms with Gasteiger partial charge in [0.15, 0.2) is 0 Å². The summed E-state index contributed by atoms with van der Waals surface area (Å²) in [6.45, 7) is 1.99. The normalized spacial score (nSPS) is 34.8. The van der Waals surface area contributed by atoms with Gasteiger partial charge in [0.25, 0.3) is 0 Å². The van der Waals surface area contributed by atoms with Crippen molar-refractivity contribution in [1.82, 2.24) is 0 Å². The minimum absolute atomic E-state index is 0.315. The van der Waals surface area contributed by atoms with Gasteiger partial charge in [-0.15, -0.1) is 0 Å². The molecule has 0 aromatic rings. The molecule has 1 aliphatic rings. The maximum atomic E-state index is 10.2. The summed E-state index contributed by atoms with van der Waals surface area (Å²) in [5.74, 6) is -0.254. The van der Waals surface area contributed by atoms with Gasteiger partial charge in [0, 0.05) is 0 Å². The average Bonchev–Trinajstić information content (AvgIpc) is 2.14. The molecular formula is C5H9NO2S. The van der Waals surface area contributed by atoms with Gasteiger partial charge in [-0.3, -0.25) is 0 Å². The van der Waals surface area contributed by atoms with Crippen LogP contribution in [0.1, 0.15) is 6.92 Å². The summed E-state index contributed by atoms with van der Waals surface area (Å²) in [4.78, 5) is 10.2. The highest BCUT2D eigenvalue weighted by atomic mass is 32.2. The van der Waals surface area contributed by atoms with Crippen molar-refractivity contribution in [3.05, 3.63) is 0 Å². The lowest BCUT2D eigenvalue weighted by atomic mass is 10.3. The molecule has 3 nitrogen and oxygen atoms in total. The highest BCUT2D eigenvalue weighted by molar-refractivity contribution is 7.99. The number of carboxylic acid groups (broad SMARTS) is 1. The molecule has 1 saturated heterocycles. The predicted molar refractivity (Wildman–Crippen MR) is 32.6 cm³/mol. The Labute approximate surface area is 57.8 Å². The van der Waals surface area contributed by atoms with Gasteiger partial charge >= 0.3 is 0 Å². The van der Waals surface area contributed by atoms with Crippen molar-refractivity contribution in [3.63, 3.8) is 0 Å². The van der Waals surface area contributed by atoms with E-state index < -0.39 is 5.97 Å². The lowest BCUT2D eigenvalue weighted by molar-refractivity contribution is -0.681. The Morgan fingerprint density at radius 3 is 2.78 bits per heavy atom. The molecule has 0 aromatic heterocycles. The molecule has 2 N–H and O–H groups in total. The quantitative estimate of drug-likeness (QED) is 0.456. The monoisotopic (exact) mass is 147 g/mol. The second kappa shape index (κ2) is 2.58. The smallest absolute Gasteiger partial charge is 0.136 e. The highest BCUT2D eigenvalue weighted by Crippen LogP contribution is 2.09. The summed E-state index contributed by atoms with van der Waals surface area (Å²) in [6, 6.07) is -0.315. The minimum atomic E-state index is -0.938. The maximum Gasteiger partial charge on any atom is 0.136 e. The number of thioether (sulfide) groups is 1. The topological polar surface area (TPSA) is 56.7 Å². The van der Waals surface area contributed by atoms with Crippen LogP contribution in [0.2, 0.25) is 0 Å². The van der Waals surface area contributed by atoms with Gasteiger partial charge in [0.1, 0.15) is 17.4 Å². The average molecular weight is 147 g/mol. The molecule has 2 atom stereocenters. The lowest BCUT2D eigenvalue weighted by Crippen LogP contribution is -2.93. The van der Waals surface area contributed by atoms with Crippen molar-refractivity contribution in [2.24, 2.45) is 0 Å². The van der Waals surface area contributed by atoms with Crippen LogP contribution < -0.4 is 10.4 Å². The molecule has 1 rings (SSSR count). The first-order valence-corrected chi connectivity index (χ1v) is 3.92. The van der Waals surface area contributed by atoms with Crippen molar-refractivity contribution in [2.75, 3.05) is 5.75 Å². The summed E-state index contributed by atoms with van der Waals surface area (Å²) in [5, 5.41) is 12.4. The zero-order chi connectivity index (χ0) is 6.85. The third-order valence-corrected chi connectivity index (χ3v) is 2.58. The standard InChI is InChI=1S/C5H9NO2S/c1-3-6-4(2-9-3)5(7)8/h3-4,6H,2H2,1H3,(H,7,8)/t3-,4+/m1/s1. The Morgan fingerprint density at radius 1 is 1.89 bits per heavy atom. The van der Waals surface area contributed by atoms with Gasteiger partial charge in [0.2, 0.25) is 0 Å². The van der Waals surface area contributed by atoms with Gasteiger partial charge in [0.05, 0.1) is 5.75 Å². The summed E-state index contributed by atoms with van der Waals surface area (Å²) >= 11 is 1.66. The molecule has 0 aromatic carbocycles. The SMILES string of the molecule is C[C@@H]1[NH2+][C@H](C(=O)[O-])CS1. The minimum Gasteiger partial charge on any atom is -0.544 e. The summed E-state index contributed by atoms with van der Waals surface area (Å²) in [6.07, 6.45) is 0. The lowest BCUT2D eigenvalue weighted by Gasteiger charge is -2.06. The summed E-state index contributed by atoms with van der Waals surface area (Å²) in [7, 11) is 0. The molecule has 9 heavy (non-hydrogen) atoms. The van der Waals surface area contributed by atoms with E-state index in [1.165, 1.54) is 0 Å². The van der Waals surface area contributed by atoms with Gasteiger partial charge in [-0.25, -0.2) is 0 Å². The van der Waals surface area contributed by atoms with Crippen LogP contribution in [0.15, 0.2) is 0 Å². The molecular weight excluding hydrogens is 138 g/mol. The van der Waals surface area contributed by atoms with Crippen LogP contribution in [0.25, 0.3) is 0 Å². The molecule has 0 spiro atoms. The highest BCUT2D eigenvalue weighted by Gasteiger charge is 2.25. The third kappa shape index (κ3) is 1.59. The fraction of sp³-hybridized carbons (Fsp3) is 0.800. The first kappa shape index (κ1) is 6.89. The first-order valence-electron chi connectivity index (χ1n) is 2.87. The number of aliphatic carboxylic acids is 1. The fourth-order valence-corrected chi connectivity index (χ4v) is 1.90. The van der Waals surface area contributed by atoms with Crippen LogP contribution in [0.5, 0.6) is 0 Å². The van der Waals surface area contributed by atoms with Crippen LogP contribution in [0.4, 0.5) is 0 Å². The van der Waals surface area contributed by atoms with E-state index in [-0.39, 0.29) is 6.04 Å². The molecule has 4 heteroatoms. The van der Waals surface area contributed by atoms with E-state index >= 15 is 0 Å². The Kier molecular flexibility index (Phi) is 1.97. The van der Waals surface area contributed by atoms with E-state index in [0.29, 0.717) is 11.1 Å². The number of carbonyl (C=O) groups is 1. The van der Waals surface area contributed by atoms with E-state index in [0.717, 1.165) is 0 Å². The van der Waals surface area contributed by atoms with Gasteiger partial charge in [-0.1, -0.05) is 11.8 Å². The number of rotatable bonds is 1. The zero-order valence-electron chi connectivity index (χ0n) is 5.16. The van der Waals surface area contributed by atoms with Gasteiger partial charge < -0.3 is 15.2 Å². The predicted octanol–water partition coefficient (Wildman–Crippen LogP) is -2.24.